The summed E-state index contributed by atoms with van der Waals surface area (Å²) in [6.45, 7) is 10.6. The summed E-state index contributed by atoms with van der Waals surface area (Å²) in [5.41, 5.74) is 5.74. The zero-order valence-electron chi connectivity index (χ0n) is 9.42. The fourth-order valence-electron chi connectivity index (χ4n) is 0.862. The lowest BCUT2D eigenvalue weighted by atomic mass is 10.1. The van der Waals surface area contributed by atoms with Crippen LogP contribution in [0.1, 0.15) is 34.6 Å². The summed E-state index contributed by atoms with van der Waals surface area (Å²) in [6, 6.07) is 0. The molecule has 2 N–H and O–H groups in total. The number of thioether (sulfide) groups is 1. The fourth-order valence-corrected chi connectivity index (χ4v) is 1.73. The van der Waals surface area contributed by atoms with Crippen molar-refractivity contribution in [2.45, 2.75) is 40.2 Å². The number of nitrogens with two attached hydrogens (primary N) is 1. The van der Waals surface area contributed by atoms with Gasteiger partial charge in [-0.2, -0.15) is 11.8 Å². The number of hydrogen-bond donors (Lipinski definition) is 1. The minimum absolute atomic E-state index is 0.0392. The van der Waals surface area contributed by atoms with Gasteiger partial charge in [0, 0.05) is 0 Å². The average Bonchev–Trinajstić information content (AvgIpc) is 1.81. The summed E-state index contributed by atoms with van der Waals surface area (Å²) in [6.07, 6.45) is 0. The van der Waals surface area contributed by atoms with Crippen molar-refractivity contribution >= 4 is 17.6 Å². The maximum Gasteiger partial charge on any atom is 0.104 e. The molecule has 0 rings (SSSR count). The van der Waals surface area contributed by atoms with E-state index in [0.29, 0.717) is 0 Å². The molecule has 0 radical (unpaired) electrons. The minimum Gasteiger partial charge on any atom is -0.387 e. The van der Waals surface area contributed by atoms with E-state index >= 15 is 0 Å². The molecule has 0 saturated heterocycles. The molecule has 13 heavy (non-hydrogen) atoms. The molecule has 0 aliphatic carbocycles. The molecule has 0 aromatic rings. The lowest BCUT2D eigenvalue weighted by molar-refractivity contribution is 0.583. The smallest absolute Gasteiger partial charge is 0.104 e. The highest BCUT2D eigenvalue weighted by Gasteiger charge is 2.07. The first-order valence-corrected chi connectivity index (χ1v) is 5.88. The quantitative estimate of drug-likeness (QED) is 0.562. The van der Waals surface area contributed by atoms with Crippen LogP contribution in [0.3, 0.4) is 0 Å². The number of amidine groups is 1. The van der Waals surface area contributed by atoms with Crippen LogP contribution in [0.5, 0.6) is 0 Å². The first kappa shape index (κ1) is 12.8. The van der Waals surface area contributed by atoms with Crippen LogP contribution in [-0.2, 0) is 0 Å². The van der Waals surface area contributed by atoms with E-state index in [1.807, 2.05) is 11.8 Å². The predicted octanol–water partition coefficient (Wildman–Crippen LogP) is 2.53. The summed E-state index contributed by atoms with van der Waals surface area (Å²) in [5, 5.41) is 0. The Bertz CT molecular complexity index is 168. The maximum atomic E-state index is 5.78. The lowest BCUT2D eigenvalue weighted by Crippen LogP contribution is -2.22. The van der Waals surface area contributed by atoms with Crippen LogP contribution in [0.25, 0.3) is 0 Å². The van der Waals surface area contributed by atoms with Gasteiger partial charge in [0.1, 0.15) is 5.84 Å². The molecule has 0 heterocycles. The molecule has 0 atom stereocenters. The van der Waals surface area contributed by atoms with Gasteiger partial charge in [-0.1, -0.05) is 13.8 Å². The Labute approximate surface area is 86.4 Å². The standard InChI is InChI=1S/C10H22N2S/c1-8(2)6-13-7-9(11)12-10(3,4)5/h8H,6-7H2,1-5H3,(H2,11,12). The molecule has 0 fully saturated rings. The van der Waals surface area contributed by atoms with Crippen molar-refractivity contribution < 1.29 is 0 Å². The highest BCUT2D eigenvalue weighted by Crippen LogP contribution is 2.10. The van der Waals surface area contributed by atoms with Gasteiger partial charge >= 0.3 is 0 Å². The fraction of sp³-hybridized carbons (Fsp3) is 0.900. The Balaban J connectivity index is 3.74. The van der Waals surface area contributed by atoms with Gasteiger partial charge in [0.05, 0.1) is 11.3 Å². The molecule has 0 spiro atoms. The second kappa shape index (κ2) is 5.53. The zero-order chi connectivity index (χ0) is 10.5. The van der Waals surface area contributed by atoms with Gasteiger partial charge in [0.25, 0.3) is 0 Å². The molecule has 0 aliphatic rings. The summed E-state index contributed by atoms with van der Waals surface area (Å²) >= 11 is 1.85. The van der Waals surface area contributed by atoms with Crippen molar-refractivity contribution in [3.8, 4) is 0 Å². The van der Waals surface area contributed by atoms with E-state index in [-0.39, 0.29) is 5.54 Å². The van der Waals surface area contributed by atoms with Crippen molar-refractivity contribution in [2.24, 2.45) is 16.6 Å². The number of nitrogens with zero attached hydrogens (tertiary/aromatic N) is 1. The topological polar surface area (TPSA) is 38.4 Å². The molecular weight excluding hydrogens is 180 g/mol. The summed E-state index contributed by atoms with van der Waals surface area (Å²) < 4.78 is 0. The molecule has 2 nitrogen and oxygen atoms in total. The predicted molar refractivity (Wildman–Crippen MR) is 63.5 cm³/mol. The number of hydrogen-bond acceptors (Lipinski definition) is 2. The highest BCUT2D eigenvalue weighted by molar-refractivity contribution is 7.99. The molecule has 0 amide bonds. The van der Waals surface area contributed by atoms with Crippen LogP contribution >= 0.6 is 11.8 Å². The Morgan fingerprint density at radius 2 is 1.92 bits per heavy atom. The molecule has 0 unspecified atom stereocenters. The third-order valence-electron chi connectivity index (χ3n) is 1.18. The monoisotopic (exact) mass is 202 g/mol. The van der Waals surface area contributed by atoms with Crippen LogP contribution in [-0.4, -0.2) is 22.9 Å². The summed E-state index contributed by atoms with van der Waals surface area (Å²) in [5.74, 6) is 3.50. The second-order valence-corrected chi connectivity index (χ2v) is 5.71. The van der Waals surface area contributed by atoms with Gasteiger partial charge in [0.2, 0.25) is 0 Å². The minimum atomic E-state index is -0.0392. The molecule has 78 valence electrons. The van der Waals surface area contributed by atoms with E-state index in [2.05, 4.69) is 39.6 Å². The first-order valence-electron chi connectivity index (χ1n) is 4.73. The van der Waals surface area contributed by atoms with E-state index in [1.54, 1.807) is 0 Å². The highest BCUT2D eigenvalue weighted by atomic mass is 32.2. The Kier molecular flexibility index (Phi) is 5.45. The van der Waals surface area contributed by atoms with Gasteiger partial charge in [0.15, 0.2) is 0 Å². The molecule has 0 aromatic heterocycles. The Hall–Kier alpha value is -0.180. The van der Waals surface area contributed by atoms with Gasteiger partial charge in [-0.15, -0.1) is 0 Å². The van der Waals surface area contributed by atoms with Crippen molar-refractivity contribution in [2.75, 3.05) is 11.5 Å². The van der Waals surface area contributed by atoms with Gasteiger partial charge in [-0.05, 0) is 32.4 Å². The van der Waals surface area contributed by atoms with Crippen molar-refractivity contribution in [1.82, 2.24) is 0 Å². The third-order valence-corrected chi connectivity index (χ3v) is 2.58. The van der Waals surface area contributed by atoms with Crippen LogP contribution in [0, 0.1) is 5.92 Å². The van der Waals surface area contributed by atoms with Gasteiger partial charge < -0.3 is 5.73 Å². The third kappa shape index (κ3) is 9.74. The molecule has 0 saturated carbocycles. The number of rotatable bonds is 4. The van der Waals surface area contributed by atoms with Crippen molar-refractivity contribution in [1.29, 1.82) is 0 Å². The number of aliphatic imine (C=N–C) groups is 1. The van der Waals surface area contributed by atoms with Gasteiger partial charge in [-0.3, -0.25) is 4.99 Å². The van der Waals surface area contributed by atoms with E-state index in [4.69, 9.17) is 5.73 Å². The van der Waals surface area contributed by atoms with E-state index < -0.39 is 0 Å². The SMILES string of the molecule is CC(C)CSCC(N)=NC(C)(C)C. The summed E-state index contributed by atoms with van der Waals surface area (Å²) in [4.78, 5) is 4.38. The van der Waals surface area contributed by atoms with Crippen molar-refractivity contribution in [3.63, 3.8) is 0 Å². The second-order valence-electron chi connectivity index (χ2n) is 4.68. The lowest BCUT2D eigenvalue weighted by Gasteiger charge is -2.13. The maximum absolute atomic E-state index is 5.78. The zero-order valence-corrected chi connectivity index (χ0v) is 10.2. The average molecular weight is 202 g/mol. The largest absolute Gasteiger partial charge is 0.387 e. The van der Waals surface area contributed by atoms with Gasteiger partial charge in [-0.25, -0.2) is 0 Å². The first-order chi connectivity index (χ1) is 5.81. The molecule has 0 bridgehead atoms. The molecular formula is C10H22N2S. The van der Waals surface area contributed by atoms with Crippen molar-refractivity contribution in [3.05, 3.63) is 0 Å². The van der Waals surface area contributed by atoms with E-state index in [0.717, 1.165) is 23.3 Å². The molecule has 0 aromatic carbocycles. The summed E-state index contributed by atoms with van der Waals surface area (Å²) in [7, 11) is 0. The van der Waals surface area contributed by atoms with E-state index in [1.165, 1.54) is 0 Å². The van der Waals surface area contributed by atoms with Crippen LogP contribution < -0.4 is 5.73 Å². The Morgan fingerprint density at radius 3 is 2.31 bits per heavy atom. The van der Waals surface area contributed by atoms with Crippen LogP contribution in [0.15, 0.2) is 4.99 Å². The van der Waals surface area contributed by atoms with E-state index in [9.17, 15) is 0 Å². The Morgan fingerprint density at radius 1 is 1.38 bits per heavy atom. The molecule has 0 aliphatic heterocycles. The van der Waals surface area contributed by atoms with Crippen LogP contribution in [0.4, 0.5) is 0 Å². The molecule has 3 heteroatoms. The van der Waals surface area contributed by atoms with Crippen LogP contribution in [0.2, 0.25) is 0 Å². The normalized spacial score (nSPS) is 13.8.